The Balaban J connectivity index is 0.952. The summed E-state index contributed by atoms with van der Waals surface area (Å²) in [5, 5.41) is 6.27. The van der Waals surface area contributed by atoms with Crippen LogP contribution in [0.3, 0.4) is 0 Å². The van der Waals surface area contributed by atoms with E-state index in [1.807, 2.05) is 48.2 Å². The van der Waals surface area contributed by atoms with E-state index < -0.39 is 0 Å². The lowest BCUT2D eigenvalue weighted by Gasteiger charge is -2.15. The first-order valence-electron chi connectivity index (χ1n) is 16.6. The number of rotatable bonds is 11. The smallest absolute Gasteiger partial charge is 0.333 e. The molecule has 1 saturated heterocycles. The third kappa shape index (κ3) is 6.38. The van der Waals surface area contributed by atoms with Crippen LogP contribution in [0.25, 0.3) is 22.6 Å². The second kappa shape index (κ2) is 13.3. The fourth-order valence-corrected chi connectivity index (χ4v) is 6.14. The number of hydrogen-bond donors (Lipinski definition) is 3. The molecule has 2 aliphatic rings. The Hall–Kier alpha value is -5.52. The number of pyridine rings is 1. The van der Waals surface area contributed by atoms with Gasteiger partial charge in [0.25, 0.3) is 17.4 Å². The van der Waals surface area contributed by atoms with E-state index in [4.69, 9.17) is 0 Å². The van der Waals surface area contributed by atoms with E-state index in [9.17, 15) is 19.2 Å². The van der Waals surface area contributed by atoms with Gasteiger partial charge in [0.1, 0.15) is 17.2 Å². The van der Waals surface area contributed by atoms with Crippen molar-refractivity contribution in [2.45, 2.75) is 64.7 Å². The predicted molar refractivity (Wildman–Crippen MR) is 183 cm³/mol. The maximum absolute atomic E-state index is 13.1. The molecule has 0 radical (unpaired) electrons. The van der Waals surface area contributed by atoms with Crippen LogP contribution in [0.1, 0.15) is 76.9 Å². The van der Waals surface area contributed by atoms with Gasteiger partial charge in [-0.1, -0.05) is 37.3 Å². The number of aryl methyl sites for hydroxylation is 1. The van der Waals surface area contributed by atoms with Crippen molar-refractivity contribution >= 4 is 28.8 Å². The van der Waals surface area contributed by atoms with E-state index in [1.165, 1.54) is 4.57 Å². The zero-order valence-corrected chi connectivity index (χ0v) is 26.9. The summed E-state index contributed by atoms with van der Waals surface area (Å²) in [6.45, 7) is 4.92. The van der Waals surface area contributed by atoms with Gasteiger partial charge in [-0.2, -0.15) is 0 Å². The number of carbonyl (C=O) groups excluding carboxylic acids is 2. The van der Waals surface area contributed by atoms with Crippen LogP contribution in [0.2, 0.25) is 0 Å². The Morgan fingerprint density at radius 1 is 0.938 bits per heavy atom. The van der Waals surface area contributed by atoms with Crippen molar-refractivity contribution < 1.29 is 9.59 Å². The maximum Gasteiger partial charge on any atom is 0.333 e. The Kier molecular flexibility index (Phi) is 8.62. The molecule has 1 saturated carbocycles. The largest absolute Gasteiger partial charge is 0.366 e. The molecule has 0 spiro atoms. The normalized spacial score (nSPS) is 14.4. The van der Waals surface area contributed by atoms with Crippen molar-refractivity contribution in [3.8, 4) is 11.4 Å². The number of fused-ring (bicyclic) bond motifs is 1. The van der Waals surface area contributed by atoms with Crippen LogP contribution in [-0.4, -0.2) is 53.9 Å². The van der Waals surface area contributed by atoms with Crippen molar-refractivity contribution in [3.63, 3.8) is 0 Å². The molecule has 0 bridgehead atoms. The van der Waals surface area contributed by atoms with E-state index in [-0.39, 0.29) is 29.1 Å². The number of hydrogen-bond acceptors (Lipinski definition) is 7. The van der Waals surface area contributed by atoms with E-state index in [2.05, 4.69) is 25.6 Å². The molecule has 1 aliphatic carbocycles. The molecule has 0 unspecified atom stereocenters. The summed E-state index contributed by atoms with van der Waals surface area (Å²) in [4.78, 5) is 65.9. The van der Waals surface area contributed by atoms with E-state index in [0.717, 1.165) is 56.3 Å². The van der Waals surface area contributed by atoms with E-state index in [0.29, 0.717) is 59.1 Å². The number of nitrogens with one attached hydrogen (secondary N) is 3. The molecule has 12 nitrogen and oxygen atoms in total. The second-order valence-corrected chi connectivity index (χ2v) is 12.5. The third-order valence-corrected chi connectivity index (χ3v) is 8.92. The van der Waals surface area contributed by atoms with Gasteiger partial charge in [-0.05, 0) is 73.6 Å². The second-order valence-electron chi connectivity index (χ2n) is 12.5. The standard InChI is InChI=1S/C36H38N8O4/c1-2-16-43-32-30(35(47)44(36(43)48)28-13-14-28)40-31(41-32)27-12-15-29(38-22-27)37-20-23-8-10-24(11-9-23)21-39-33(45)25-6-5-7-26(19-25)34(46)42-17-3-4-18-42/h5-12,15,19,22,28H,2-4,13-14,16-18,20-21H2,1H3,(H,37,38)(H,39,45)(H,40,41). The third-order valence-electron chi connectivity index (χ3n) is 8.92. The van der Waals surface area contributed by atoms with Crippen molar-refractivity contribution in [1.29, 1.82) is 0 Å². The minimum absolute atomic E-state index is 0.0242. The van der Waals surface area contributed by atoms with Gasteiger partial charge in [-0.25, -0.2) is 14.8 Å². The van der Waals surface area contributed by atoms with Gasteiger partial charge in [-0.3, -0.25) is 23.5 Å². The summed E-state index contributed by atoms with van der Waals surface area (Å²) < 4.78 is 2.96. The zero-order chi connectivity index (χ0) is 33.2. The summed E-state index contributed by atoms with van der Waals surface area (Å²) in [5.74, 6) is 0.920. The first kappa shape index (κ1) is 31.1. The number of anilines is 1. The van der Waals surface area contributed by atoms with Crippen LogP contribution in [0.15, 0.2) is 76.4 Å². The number of likely N-dealkylation sites (tertiary alicyclic amines) is 1. The molecule has 7 rings (SSSR count). The summed E-state index contributed by atoms with van der Waals surface area (Å²) >= 11 is 0. The molecule has 12 heteroatoms. The number of imidazole rings is 1. The van der Waals surface area contributed by atoms with Crippen molar-refractivity contribution in [2.24, 2.45) is 0 Å². The molecule has 48 heavy (non-hydrogen) atoms. The highest BCUT2D eigenvalue weighted by molar-refractivity contribution is 5.99. The molecule has 2 aromatic carbocycles. The topological polar surface area (TPSA) is 147 Å². The Morgan fingerprint density at radius 3 is 2.35 bits per heavy atom. The highest BCUT2D eigenvalue weighted by atomic mass is 16.2. The first-order valence-corrected chi connectivity index (χ1v) is 16.6. The summed E-state index contributed by atoms with van der Waals surface area (Å²) in [6, 6.07) is 18.5. The van der Waals surface area contributed by atoms with Gasteiger partial charge in [0.15, 0.2) is 5.65 Å². The van der Waals surface area contributed by atoms with Gasteiger partial charge in [-0.15, -0.1) is 0 Å². The van der Waals surface area contributed by atoms with Gasteiger partial charge in [0, 0.05) is 61.7 Å². The molecule has 4 heterocycles. The van der Waals surface area contributed by atoms with Gasteiger partial charge < -0.3 is 20.5 Å². The number of H-pyrrole nitrogens is 1. The minimum atomic E-state index is -0.320. The number of amides is 2. The molecular weight excluding hydrogens is 608 g/mol. The molecule has 5 aromatic rings. The van der Waals surface area contributed by atoms with Crippen LogP contribution in [0, 0.1) is 0 Å². The zero-order valence-electron chi connectivity index (χ0n) is 26.9. The SMILES string of the molecule is CCCn1c(=O)n(C2CC2)c(=O)c2[nH]c(-c3ccc(NCc4ccc(CNC(=O)c5cccc(C(=O)N6CCCC6)c5)cc4)nc3)nc21. The molecule has 3 aromatic heterocycles. The first-order chi connectivity index (χ1) is 23.4. The average Bonchev–Trinajstić information content (AvgIpc) is 3.59. The van der Waals surface area contributed by atoms with Crippen LogP contribution in [-0.2, 0) is 19.6 Å². The number of benzene rings is 2. The summed E-state index contributed by atoms with van der Waals surface area (Å²) in [5.41, 5.74) is 3.82. The highest BCUT2D eigenvalue weighted by Crippen LogP contribution is 2.32. The summed E-state index contributed by atoms with van der Waals surface area (Å²) in [6.07, 6.45) is 6.16. The predicted octanol–water partition coefficient (Wildman–Crippen LogP) is 4.47. The van der Waals surface area contributed by atoms with Crippen molar-refractivity contribution in [2.75, 3.05) is 18.4 Å². The quantitative estimate of drug-likeness (QED) is 0.192. The van der Waals surface area contributed by atoms with Crippen LogP contribution < -0.4 is 21.9 Å². The maximum atomic E-state index is 13.1. The monoisotopic (exact) mass is 646 g/mol. The minimum Gasteiger partial charge on any atom is -0.366 e. The van der Waals surface area contributed by atoms with Crippen molar-refractivity contribution in [3.05, 3.63) is 110 Å². The van der Waals surface area contributed by atoms with E-state index >= 15 is 0 Å². The molecule has 246 valence electrons. The van der Waals surface area contributed by atoms with Gasteiger partial charge in [0.05, 0.1) is 0 Å². The Bertz CT molecular complexity index is 2090. The van der Waals surface area contributed by atoms with Crippen LogP contribution in [0.4, 0.5) is 5.82 Å². The summed E-state index contributed by atoms with van der Waals surface area (Å²) in [7, 11) is 0. The number of aromatic nitrogens is 5. The van der Waals surface area contributed by atoms with Gasteiger partial charge in [0.2, 0.25) is 0 Å². The fourth-order valence-electron chi connectivity index (χ4n) is 6.14. The molecule has 1 aliphatic heterocycles. The molecule has 0 atom stereocenters. The van der Waals surface area contributed by atoms with Crippen LogP contribution >= 0.6 is 0 Å². The lowest BCUT2D eigenvalue weighted by molar-refractivity contribution is 0.0793. The Morgan fingerprint density at radius 2 is 1.67 bits per heavy atom. The molecule has 2 amide bonds. The molecule has 3 N–H and O–H groups in total. The molecular formula is C36H38N8O4. The van der Waals surface area contributed by atoms with Gasteiger partial charge >= 0.3 is 5.69 Å². The lowest BCUT2D eigenvalue weighted by atomic mass is 10.1. The lowest BCUT2D eigenvalue weighted by Crippen LogP contribution is -2.39. The van der Waals surface area contributed by atoms with Crippen molar-refractivity contribution in [1.82, 2.24) is 34.3 Å². The Labute approximate surface area is 276 Å². The van der Waals surface area contributed by atoms with E-state index in [1.54, 1.807) is 35.0 Å². The highest BCUT2D eigenvalue weighted by Gasteiger charge is 2.30. The fraction of sp³-hybridized carbons (Fsp3) is 0.333. The number of nitrogens with zero attached hydrogens (tertiary/aromatic N) is 5. The number of carbonyl (C=O) groups is 2. The van der Waals surface area contributed by atoms with Crippen LogP contribution in [0.5, 0.6) is 0 Å². The average molecular weight is 647 g/mol. The number of aromatic amines is 1. The molecule has 2 fully saturated rings.